The lowest BCUT2D eigenvalue weighted by molar-refractivity contribution is 0.453. The van der Waals surface area contributed by atoms with Crippen LogP contribution in [0.1, 0.15) is 24.6 Å². The zero-order chi connectivity index (χ0) is 11.5. The molecule has 84 valence electrons. The van der Waals surface area contributed by atoms with E-state index >= 15 is 0 Å². The highest BCUT2D eigenvalue weighted by Gasteiger charge is 2.12. The average molecular weight is 238 g/mol. The largest absolute Gasteiger partial charge is 0.444 e. The zero-order valence-corrected chi connectivity index (χ0v) is 9.82. The number of hydrogen-bond acceptors (Lipinski definition) is 4. The Morgan fingerprint density at radius 3 is 2.88 bits per heavy atom. The van der Waals surface area contributed by atoms with Crippen molar-refractivity contribution in [3.63, 3.8) is 0 Å². The van der Waals surface area contributed by atoms with Crippen molar-refractivity contribution in [2.75, 3.05) is 5.32 Å². The van der Waals surface area contributed by atoms with Crippen LogP contribution in [0.3, 0.4) is 0 Å². The lowest BCUT2D eigenvalue weighted by Gasteiger charge is -2.11. The number of pyridine rings is 1. The monoisotopic (exact) mass is 237 g/mol. The third kappa shape index (κ3) is 2.33. The van der Waals surface area contributed by atoms with Crippen molar-refractivity contribution < 1.29 is 4.42 Å². The highest BCUT2D eigenvalue weighted by Crippen LogP contribution is 2.23. The van der Waals surface area contributed by atoms with Crippen molar-refractivity contribution in [3.05, 3.63) is 41.2 Å². The van der Waals surface area contributed by atoms with E-state index in [-0.39, 0.29) is 6.04 Å². The summed E-state index contributed by atoms with van der Waals surface area (Å²) in [5, 5.41) is 3.72. The third-order valence-corrected chi connectivity index (χ3v) is 2.43. The van der Waals surface area contributed by atoms with Crippen LogP contribution in [0.25, 0.3) is 0 Å². The SMILES string of the molecule is Cc1cnc(C(C)Nc2ncccc2Cl)o1. The maximum Gasteiger partial charge on any atom is 0.216 e. The van der Waals surface area contributed by atoms with Crippen LogP contribution in [0.15, 0.2) is 28.9 Å². The van der Waals surface area contributed by atoms with E-state index in [9.17, 15) is 0 Å². The van der Waals surface area contributed by atoms with Gasteiger partial charge < -0.3 is 9.73 Å². The van der Waals surface area contributed by atoms with E-state index < -0.39 is 0 Å². The van der Waals surface area contributed by atoms with E-state index in [2.05, 4.69) is 15.3 Å². The number of hydrogen-bond donors (Lipinski definition) is 1. The van der Waals surface area contributed by atoms with Crippen LogP contribution in [0.5, 0.6) is 0 Å². The summed E-state index contributed by atoms with van der Waals surface area (Å²) in [5.41, 5.74) is 0. The first kappa shape index (κ1) is 11.0. The number of aryl methyl sites for hydroxylation is 1. The first-order valence-electron chi connectivity index (χ1n) is 4.96. The molecule has 16 heavy (non-hydrogen) atoms. The quantitative estimate of drug-likeness (QED) is 0.891. The molecule has 2 aromatic rings. The van der Waals surface area contributed by atoms with E-state index in [1.54, 1.807) is 24.5 Å². The fraction of sp³-hybridized carbons (Fsp3) is 0.273. The lowest BCUT2D eigenvalue weighted by Crippen LogP contribution is -2.08. The van der Waals surface area contributed by atoms with Crippen LogP contribution in [0.2, 0.25) is 5.02 Å². The normalized spacial score (nSPS) is 12.4. The minimum atomic E-state index is -0.0684. The van der Waals surface area contributed by atoms with Crippen LogP contribution in [-0.2, 0) is 0 Å². The Kier molecular flexibility index (Phi) is 3.10. The maximum atomic E-state index is 5.98. The van der Waals surface area contributed by atoms with Crippen LogP contribution in [0, 0.1) is 6.92 Å². The van der Waals surface area contributed by atoms with E-state index in [1.807, 2.05) is 13.8 Å². The van der Waals surface area contributed by atoms with Gasteiger partial charge in [-0.2, -0.15) is 0 Å². The Morgan fingerprint density at radius 2 is 2.25 bits per heavy atom. The highest BCUT2D eigenvalue weighted by atomic mass is 35.5. The van der Waals surface area contributed by atoms with Gasteiger partial charge in [-0.15, -0.1) is 0 Å². The smallest absolute Gasteiger partial charge is 0.216 e. The van der Waals surface area contributed by atoms with Gasteiger partial charge in [0.1, 0.15) is 17.6 Å². The number of halogens is 1. The van der Waals surface area contributed by atoms with Gasteiger partial charge in [-0.3, -0.25) is 0 Å². The molecule has 2 rings (SSSR count). The van der Waals surface area contributed by atoms with Gasteiger partial charge in [0, 0.05) is 6.20 Å². The van der Waals surface area contributed by atoms with Crippen molar-refractivity contribution in [3.8, 4) is 0 Å². The number of aromatic nitrogens is 2. The van der Waals surface area contributed by atoms with Gasteiger partial charge >= 0.3 is 0 Å². The van der Waals surface area contributed by atoms with Crippen LogP contribution in [-0.4, -0.2) is 9.97 Å². The molecular formula is C11H12ClN3O. The Bertz CT molecular complexity index is 484. The summed E-state index contributed by atoms with van der Waals surface area (Å²) in [6.07, 6.45) is 3.37. The molecule has 0 spiro atoms. The first-order valence-corrected chi connectivity index (χ1v) is 5.34. The van der Waals surface area contributed by atoms with Crippen LogP contribution in [0.4, 0.5) is 5.82 Å². The maximum absolute atomic E-state index is 5.98. The summed E-state index contributed by atoms with van der Waals surface area (Å²) in [6, 6.07) is 3.50. The summed E-state index contributed by atoms with van der Waals surface area (Å²) in [7, 11) is 0. The summed E-state index contributed by atoms with van der Waals surface area (Å²) in [6.45, 7) is 3.80. The molecule has 4 nitrogen and oxygen atoms in total. The lowest BCUT2D eigenvalue weighted by atomic mass is 10.3. The van der Waals surface area contributed by atoms with Crippen molar-refractivity contribution in [1.29, 1.82) is 0 Å². The molecule has 2 aromatic heterocycles. The predicted octanol–water partition coefficient (Wildman–Crippen LogP) is 3.20. The molecule has 0 aliphatic heterocycles. The summed E-state index contributed by atoms with van der Waals surface area (Å²) < 4.78 is 5.41. The fourth-order valence-corrected chi connectivity index (χ4v) is 1.51. The topological polar surface area (TPSA) is 51.0 Å². The second-order valence-electron chi connectivity index (χ2n) is 3.51. The molecule has 0 saturated heterocycles. The van der Waals surface area contributed by atoms with Crippen LogP contribution >= 0.6 is 11.6 Å². The third-order valence-electron chi connectivity index (χ3n) is 2.12. The molecule has 5 heteroatoms. The fourth-order valence-electron chi connectivity index (χ4n) is 1.33. The Labute approximate surface area is 98.7 Å². The first-order chi connectivity index (χ1) is 7.66. The van der Waals surface area contributed by atoms with Crippen molar-refractivity contribution in [2.45, 2.75) is 19.9 Å². The molecular weight excluding hydrogens is 226 g/mol. The average Bonchev–Trinajstić information content (AvgIpc) is 2.68. The van der Waals surface area contributed by atoms with E-state index in [0.717, 1.165) is 5.76 Å². The minimum absolute atomic E-state index is 0.0684. The number of anilines is 1. The molecule has 1 N–H and O–H groups in total. The molecule has 0 saturated carbocycles. The predicted molar refractivity (Wildman–Crippen MR) is 62.5 cm³/mol. The van der Waals surface area contributed by atoms with Gasteiger partial charge in [0.05, 0.1) is 11.2 Å². The summed E-state index contributed by atoms with van der Waals surface area (Å²) in [4.78, 5) is 8.28. The Hall–Kier alpha value is -1.55. The molecule has 0 fully saturated rings. The molecule has 2 heterocycles. The molecule has 1 unspecified atom stereocenters. The molecule has 0 aliphatic rings. The Balaban J connectivity index is 2.13. The summed E-state index contributed by atoms with van der Waals surface area (Å²) >= 11 is 5.98. The van der Waals surface area contributed by atoms with Gasteiger partial charge in [0.25, 0.3) is 0 Å². The number of nitrogens with one attached hydrogen (secondary N) is 1. The van der Waals surface area contributed by atoms with Gasteiger partial charge in [-0.25, -0.2) is 9.97 Å². The van der Waals surface area contributed by atoms with Crippen LogP contribution < -0.4 is 5.32 Å². The summed E-state index contributed by atoms with van der Waals surface area (Å²) in [5.74, 6) is 2.04. The number of oxazole rings is 1. The molecule has 0 amide bonds. The standard InChI is InChI=1S/C11H12ClN3O/c1-7-6-14-11(16-7)8(2)15-10-9(12)4-3-5-13-10/h3-6,8H,1-2H3,(H,13,15). The van der Waals surface area contributed by atoms with Crippen molar-refractivity contribution >= 4 is 17.4 Å². The van der Waals surface area contributed by atoms with Crippen molar-refractivity contribution in [2.24, 2.45) is 0 Å². The number of rotatable bonds is 3. The van der Waals surface area contributed by atoms with Crippen molar-refractivity contribution in [1.82, 2.24) is 9.97 Å². The molecule has 0 bridgehead atoms. The molecule has 0 aromatic carbocycles. The van der Waals surface area contributed by atoms with Gasteiger partial charge in [-0.05, 0) is 26.0 Å². The van der Waals surface area contributed by atoms with Gasteiger partial charge in [-0.1, -0.05) is 11.6 Å². The van der Waals surface area contributed by atoms with Gasteiger partial charge in [0.15, 0.2) is 0 Å². The molecule has 0 radical (unpaired) electrons. The number of nitrogens with zero attached hydrogens (tertiary/aromatic N) is 2. The van der Waals surface area contributed by atoms with Gasteiger partial charge in [0.2, 0.25) is 5.89 Å². The zero-order valence-electron chi connectivity index (χ0n) is 9.07. The van der Waals surface area contributed by atoms with E-state index in [1.165, 1.54) is 0 Å². The molecule has 0 aliphatic carbocycles. The molecule has 1 atom stereocenters. The second-order valence-corrected chi connectivity index (χ2v) is 3.92. The second kappa shape index (κ2) is 4.53. The highest BCUT2D eigenvalue weighted by molar-refractivity contribution is 6.32. The van der Waals surface area contributed by atoms with E-state index in [0.29, 0.717) is 16.7 Å². The Morgan fingerprint density at radius 1 is 1.44 bits per heavy atom. The minimum Gasteiger partial charge on any atom is -0.444 e. The van der Waals surface area contributed by atoms with E-state index in [4.69, 9.17) is 16.0 Å².